The van der Waals surface area contributed by atoms with Crippen LogP contribution >= 0.6 is 23.2 Å². The number of nitrogens with one attached hydrogen (secondary N) is 1. The van der Waals surface area contributed by atoms with Crippen molar-refractivity contribution in [3.63, 3.8) is 0 Å². The normalized spacial score (nSPS) is 11.3. The Bertz CT molecular complexity index is 1380. The lowest BCUT2D eigenvalue weighted by Crippen LogP contribution is -2.17. The third kappa shape index (κ3) is 6.84. The Hall–Kier alpha value is -4.03. The summed E-state index contributed by atoms with van der Waals surface area (Å²) in [6.07, 6.45) is -3.55. The van der Waals surface area contributed by atoms with Crippen LogP contribution in [0.15, 0.2) is 53.6 Å². The van der Waals surface area contributed by atoms with Crippen LogP contribution in [-0.4, -0.2) is 30.8 Å². The molecule has 3 rings (SSSR count). The number of amides is 1. The first-order valence-corrected chi connectivity index (χ1v) is 11.4. The zero-order chi connectivity index (χ0) is 28.0. The van der Waals surface area contributed by atoms with E-state index in [4.69, 9.17) is 37.4 Å². The minimum Gasteiger partial charge on any atom is -0.493 e. The van der Waals surface area contributed by atoms with E-state index in [1.807, 2.05) is 0 Å². The van der Waals surface area contributed by atoms with E-state index in [9.17, 15) is 28.1 Å². The molecule has 0 unspecified atom stereocenters. The minimum absolute atomic E-state index is 0.115. The summed E-state index contributed by atoms with van der Waals surface area (Å²) in [7, 11) is 1.47. The van der Waals surface area contributed by atoms with E-state index in [2.05, 4.69) is 10.5 Å². The number of benzene rings is 3. The largest absolute Gasteiger partial charge is 0.493 e. The summed E-state index contributed by atoms with van der Waals surface area (Å²) < 4.78 is 54.8. The fraction of sp³-hybridized carbons (Fsp3) is 0.167. The average molecular weight is 572 g/mol. The molecule has 0 atom stereocenters. The third-order valence-electron chi connectivity index (χ3n) is 4.82. The van der Waals surface area contributed by atoms with Crippen molar-refractivity contribution in [2.75, 3.05) is 13.7 Å². The summed E-state index contributed by atoms with van der Waals surface area (Å²) in [5, 5.41) is 14.9. The number of nitro benzene ring substituents is 1. The molecular weight excluding hydrogens is 554 g/mol. The molecule has 1 amide bonds. The van der Waals surface area contributed by atoms with E-state index >= 15 is 0 Å². The lowest BCUT2D eigenvalue weighted by molar-refractivity contribution is -0.385. The molecule has 14 heteroatoms. The van der Waals surface area contributed by atoms with Gasteiger partial charge in [0.1, 0.15) is 0 Å². The number of carbonyl (C=O) groups is 1. The predicted octanol–water partition coefficient (Wildman–Crippen LogP) is 6.88. The maximum absolute atomic E-state index is 12.9. The molecule has 3 aromatic rings. The Morgan fingerprint density at radius 1 is 1.08 bits per heavy atom. The minimum atomic E-state index is -4.78. The molecule has 0 spiro atoms. The summed E-state index contributed by atoms with van der Waals surface area (Å²) in [6, 6.07) is 9.02. The van der Waals surface area contributed by atoms with Gasteiger partial charge in [0.2, 0.25) is 5.75 Å². The topological polar surface area (TPSA) is 112 Å². The van der Waals surface area contributed by atoms with E-state index < -0.39 is 34.0 Å². The number of methoxy groups -OCH3 is 1. The van der Waals surface area contributed by atoms with Gasteiger partial charge in [0.25, 0.3) is 5.91 Å². The molecule has 0 heterocycles. The Balaban J connectivity index is 1.78. The van der Waals surface area contributed by atoms with Crippen LogP contribution in [0.1, 0.15) is 28.4 Å². The SMILES string of the molecule is CCOc1cc(C(=O)N/N=C/c2cc(Cl)c(Oc3ccc(C(F)(F)F)cc3[N+](=O)[O-])c(Cl)c2)ccc1OC. The van der Waals surface area contributed by atoms with Gasteiger partial charge in [-0.05, 0) is 55.0 Å². The Morgan fingerprint density at radius 3 is 2.32 bits per heavy atom. The molecule has 38 heavy (non-hydrogen) atoms. The van der Waals surface area contributed by atoms with Crippen LogP contribution in [0.4, 0.5) is 18.9 Å². The molecule has 0 saturated heterocycles. The van der Waals surface area contributed by atoms with Gasteiger partial charge in [-0.25, -0.2) is 5.43 Å². The first-order chi connectivity index (χ1) is 17.9. The van der Waals surface area contributed by atoms with Crippen LogP contribution in [0.5, 0.6) is 23.0 Å². The quantitative estimate of drug-likeness (QED) is 0.170. The van der Waals surface area contributed by atoms with Crippen LogP contribution < -0.4 is 19.6 Å². The summed E-state index contributed by atoms with van der Waals surface area (Å²) in [5.41, 5.74) is 0.766. The van der Waals surface area contributed by atoms with E-state index in [0.29, 0.717) is 35.8 Å². The highest BCUT2D eigenvalue weighted by Crippen LogP contribution is 2.42. The molecule has 0 bridgehead atoms. The molecule has 0 fully saturated rings. The molecule has 9 nitrogen and oxygen atoms in total. The smallest absolute Gasteiger partial charge is 0.416 e. The number of nitrogens with zero attached hydrogens (tertiary/aromatic N) is 2. The second kappa shape index (κ2) is 12.0. The van der Waals surface area contributed by atoms with Crippen molar-refractivity contribution in [1.82, 2.24) is 5.43 Å². The monoisotopic (exact) mass is 571 g/mol. The van der Waals surface area contributed by atoms with E-state index in [0.717, 1.165) is 6.07 Å². The number of hydrogen-bond acceptors (Lipinski definition) is 7. The predicted molar refractivity (Wildman–Crippen MR) is 134 cm³/mol. The standard InChI is InChI=1S/C24H18Cl2F3N3O6/c1-3-37-21-10-14(4-6-20(21)36-2)23(33)31-30-12-13-8-16(25)22(17(26)9-13)38-19-7-5-15(24(27,28)29)11-18(19)32(34)35/h4-12H,3H2,1-2H3,(H,31,33)/b30-12+. The highest BCUT2D eigenvalue weighted by molar-refractivity contribution is 6.37. The number of alkyl halides is 3. The van der Waals surface area contributed by atoms with E-state index in [1.165, 1.54) is 37.6 Å². The molecule has 0 aliphatic rings. The molecule has 200 valence electrons. The summed E-state index contributed by atoms with van der Waals surface area (Å²) >= 11 is 12.4. The van der Waals surface area contributed by atoms with Crippen molar-refractivity contribution < 1.29 is 37.1 Å². The summed E-state index contributed by atoms with van der Waals surface area (Å²) in [6.45, 7) is 2.15. The van der Waals surface area contributed by atoms with Crippen molar-refractivity contribution in [3.05, 3.63) is 85.4 Å². The van der Waals surface area contributed by atoms with Crippen molar-refractivity contribution in [2.45, 2.75) is 13.1 Å². The van der Waals surface area contributed by atoms with Crippen LogP contribution in [0.25, 0.3) is 0 Å². The number of nitro groups is 1. The number of carbonyl (C=O) groups excluding carboxylic acids is 1. The number of hydrogen-bond donors (Lipinski definition) is 1. The van der Waals surface area contributed by atoms with E-state index in [-0.39, 0.29) is 21.4 Å². The molecular formula is C24H18Cl2F3N3O6. The molecule has 0 aliphatic carbocycles. The third-order valence-corrected chi connectivity index (χ3v) is 5.38. The maximum atomic E-state index is 12.9. The maximum Gasteiger partial charge on any atom is 0.416 e. The lowest BCUT2D eigenvalue weighted by atomic mass is 10.2. The summed E-state index contributed by atoms with van der Waals surface area (Å²) in [4.78, 5) is 22.7. The molecule has 0 aromatic heterocycles. The highest BCUT2D eigenvalue weighted by Gasteiger charge is 2.33. The first kappa shape index (κ1) is 28.5. The van der Waals surface area contributed by atoms with Crippen LogP contribution in [0.2, 0.25) is 10.0 Å². The van der Waals surface area contributed by atoms with Gasteiger partial charge in [-0.15, -0.1) is 0 Å². The van der Waals surface area contributed by atoms with Crippen LogP contribution in [0.3, 0.4) is 0 Å². The van der Waals surface area contributed by atoms with Gasteiger partial charge in [-0.2, -0.15) is 18.3 Å². The molecule has 3 aromatic carbocycles. The number of hydrazone groups is 1. The fourth-order valence-electron chi connectivity index (χ4n) is 3.10. The molecule has 0 saturated carbocycles. The number of ether oxygens (including phenoxy) is 3. The second-order valence-electron chi connectivity index (χ2n) is 7.35. The first-order valence-electron chi connectivity index (χ1n) is 10.6. The highest BCUT2D eigenvalue weighted by atomic mass is 35.5. The van der Waals surface area contributed by atoms with Crippen molar-refractivity contribution in [1.29, 1.82) is 0 Å². The molecule has 1 N–H and O–H groups in total. The van der Waals surface area contributed by atoms with Gasteiger partial charge in [0, 0.05) is 11.6 Å². The van der Waals surface area contributed by atoms with Gasteiger partial charge < -0.3 is 14.2 Å². The number of halogens is 5. The summed E-state index contributed by atoms with van der Waals surface area (Å²) in [5.74, 6) is -0.420. The van der Waals surface area contributed by atoms with Gasteiger partial charge in [0.15, 0.2) is 17.2 Å². The zero-order valence-electron chi connectivity index (χ0n) is 19.6. The second-order valence-corrected chi connectivity index (χ2v) is 8.17. The fourth-order valence-corrected chi connectivity index (χ4v) is 3.68. The molecule has 0 radical (unpaired) electrons. The van der Waals surface area contributed by atoms with Crippen molar-refractivity contribution >= 4 is 41.0 Å². The van der Waals surface area contributed by atoms with Gasteiger partial charge in [0.05, 0.1) is 40.5 Å². The number of rotatable bonds is 9. The van der Waals surface area contributed by atoms with Gasteiger partial charge in [-0.3, -0.25) is 14.9 Å². The van der Waals surface area contributed by atoms with E-state index in [1.54, 1.807) is 13.0 Å². The van der Waals surface area contributed by atoms with Crippen molar-refractivity contribution in [2.24, 2.45) is 5.10 Å². The Morgan fingerprint density at radius 2 is 1.74 bits per heavy atom. The van der Waals surface area contributed by atoms with Crippen LogP contribution in [-0.2, 0) is 6.18 Å². The van der Waals surface area contributed by atoms with Crippen LogP contribution in [0, 0.1) is 10.1 Å². The Kier molecular flexibility index (Phi) is 9.02. The van der Waals surface area contributed by atoms with Gasteiger partial charge >= 0.3 is 11.9 Å². The average Bonchev–Trinajstić information content (AvgIpc) is 2.85. The lowest BCUT2D eigenvalue weighted by Gasteiger charge is -2.12. The molecule has 0 aliphatic heterocycles. The van der Waals surface area contributed by atoms with Gasteiger partial charge in [-0.1, -0.05) is 23.2 Å². The van der Waals surface area contributed by atoms with Crippen molar-refractivity contribution in [3.8, 4) is 23.0 Å². The Labute approximate surface area is 223 Å². The zero-order valence-corrected chi connectivity index (χ0v) is 21.1.